The Balaban J connectivity index is 0.00000289. The molecule has 108 valence electrons. The number of nitrogens with one attached hydrogen (secondary N) is 1. The number of hydrogen-bond acceptors (Lipinski definition) is 2. The third kappa shape index (κ3) is 6.50. The molecular weight excluding hydrogens is 357 g/mol. The number of aliphatic imine (C=N–C) groups is 1. The van der Waals surface area contributed by atoms with Crippen molar-refractivity contribution in [3.05, 3.63) is 0 Å². The Morgan fingerprint density at radius 2 is 1.94 bits per heavy atom. The molecule has 0 heterocycles. The van der Waals surface area contributed by atoms with Gasteiger partial charge in [-0.1, -0.05) is 33.6 Å². The van der Waals surface area contributed by atoms with Crippen LogP contribution in [0.25, 0.3) is 0 Å². The minimum absolute atomic E-state index is 0. The first-order chi connectivity index (χ1) is 7.93. The van der Waals surface area contributed by atoms with Gasteiger partial charge in [0.1, 0.15) is 0 Å². The summed E-state index contributed by atoms with van der Waals surface area (Å²) in [6.07, 6.45) is 7.26. The molecule has 0 saturated heterocycles. The predicted octanol–water partition coefficient (Wildman–Crippen LogP) is 3.23. The van der Waals surface area contributed by atoms with E-state index in [0.29, 0.717) is 17.3 Å². The monoisotopic (exact) mass is 385 g/mol. The SMILES string of the molecule is CSC(CN=C(N)NC1CCCC1)C(C)(C)C.I. The molecule has 1 fully saturated rings. The van der Waals surface area contributed by atoms with E-state index in [9.17, 15) is 0 Å². The fourth-order valence-corrected chi connectivity index (χ4v) is 3.14. The molecule has 1 unspecified atom stereocenters. The molecule has 1 saturated carbocycles. The number of halogens is 1. The fraction of sp³-hybridized carbons (Fsp3) is 0.923. The molecule has 0 radical (unpaired) electrons. The van der Waals surface area contributed by atoms with Gasteiger partial charge >= 0.3 is 0 Å². The molecular formula is C13H28IN3S. The Bertz CT molecular complexity index is 257. The highest BCUT2D eigenvalue weighted by Gasteiger charge is 2.23. The van der Waals surface area contributed by atoms with E-state index in [1.165, 1.54) is 25.7 Å². The predicted molar refractivity (Wildman–Crippen MR) is 94.1 cm³/mol. The molecule has 0 aromatic heterocycles. The second-order valence-electron chi connectivity index (χ2n) is 5.94. The van der Waals surface area contributed by atoms with Crippen molar-refractivity contribution in [3.63, 3.8) is 0 Å². The number of nitrogens with zero attached hydrogens (tertiary/aromatic N) is 1. The molecule has 3 N–H and O–H groups in total. The summed E-state index contributed by atoms with van der Waals surface area (Å²) in [6, 6.07) is 0.557. The number of thioether (sulfide) groups is 1. The van der Waals surface area contributed by atoms with Crippen LogP contribution in [0.2, 0.25) is 0 Å². The first-order valence-corrected chi connectivity index (χ1v) is 7.81. The van der Waals surface area contributed by atoms with Crippen LogP contribution in [0.1, 0.15) is 46.5 Å². The van der Waals surface area contributed by atoms with E-state index in [1.807, 2.05) is 11.8 Å². The summed E-state index contributed by atoms with van der Waals surface area (Å²) in [4.78, 5) is 4.49. The van der Waals surface area contributed by atoms with Gasteiger partial charge in [0.25, 0.3) is 0 Å². The molecule has 5 heteroatoms. The van der Waals surface area contributed by atoms with Gasteiger partial charge in [0.05, 0.1) is 6.54 Å². The minimum atomic E-state index is 0. The molecule has 0 aromatic carbocycles. The normalized spacial score (nSPS) is 19.4. The molecule has 1 aliphatic carbocycles. The summed E-state index contributed by atoms with van der Waals surface area (Å²) in [5.74, 6) is 0.625. The zero-order valence-corrected chi connectivity index (χ0v) is 15.2. The Labute approximate surface area is 133 Å². The molecule has 18 heavy (non-hydrogen) atoms. The maximum absolute atomic E-state index is 5.93. The summed E-state index contributed by atoms with van der Waals surface area (Å²) in [5, 5.41) is 3.85. The molecule has 0 amide bonds. The quantitative estimate of drug-likeness (QED) is 0.444. The number of rotatable bonds is 4. The van der Waals surface area contributed by atoms with Crippen LogP contribution in [0, 0.1) is 5.41 Å². The molecule has 1 aliphatic rings. The molecule has 0 aliphatic heterocycles. The second-order valence-corrected chi connectivity index (χ2v) is 6.98. The van der Waals surface area contributed by atoms with Crippen molar-refractivity contribution in [1.82, 2.24) is 5.32 Å². The zero-order valence-electron chi connectivity index (χ0n) is 12.0. The van der Waals surface area contributed by atoms with Gasteiger partial charge < -0.3 is 11.1 Å². The summed E-state index contributed by atoms with van der Waals surface area (Å²) >= 11 is 1.87. The van der Waals surface area contributed by atoms with E-state index in [2.05, 4.69) is 37.3 Å². The minimum Gasteiger partial charge on any atom is -0.370 e. The van der Waals surface area contributed by atoms with Gasteiger partial charge in [-0.15, -0.1) is 24.0 Å². The van der Waals surface area contributed by atoms with Gasteiger partial charge in [-0.3, -0.25) is 4.99 Å². The lowest BCUT2D eigenvalue weighted by molar-refractivity contribution is 0.399. The Kier molecular flexibility index (Phi) is 8.67. The third-order valence-corrected chi connectivity index (χ3v) is 4.81. The van der Waals surface area contributed by atoms with Crippen LogP contribution in [-0.4, -0.2) is 30.1 Å². The standard InChI is InChI=1S/C13H27N3S.HI/c1-13(2,3)11(17-4)9-15-12(14)16-10-7-5-6-8-10;/h10-11H,5-9H2,1-4H3,(H3,14,15,16);1H. The molecule has 1 atom stereocenters. The van der Waals surface area contributed by atoms with Crippen molar-refractivity contribution in [2.75, 3.05) is 12.8 Å². The van der Waals surface area contributed by atoms with Crippen LogP contribution >= 0.6 is 35.7 Å². The van der Waals surface area contributed by atoms with Crippen LogP contribution in [0.4, 0.5) is 0 Å². The van der Waals surface area contributed by atoms with Crippen LogP contribution in [0.3, 0.4) is 0 Å². The average Bonchev–Trinajstić information content (AvgIpc) is 2.69. The van der Waals surface area contributed by atoms with E-state index in [4.69, 9.17) is 5.73 Å². The first-order valence-electron chi connectivity index (χ1n) is 6.52. The maximum atomic E-state index is 5.93. The van der Waals surface area contributed by atoms with E-state index in [0.717, 1.165) is 6.54 Å². The van der Waals surface area contributed by atoms with Crippen molar-refractivity contribution < 1.29 is 0 Å². The highest BCUT2D eigenvalue weighted by Crippen LogP contribution is 2.28. The lowest BCUT2D eigenvalue weighted by Crippen LogP contribution is -2.39. The van der Waals surface area contributed by atoms with Gasteiger partial charge in [0, 0.05) is 11.3 Å². The number of nitrogens with two attached hydrogens (primary N) is 1. The summed E-state index contributed by atoms with van der Waals surface area (Å²) < 4.78 is 0. The Morgan fingerprint density at radius 3 is 2.39 bits per heavy atom. The fourth-order valence-electron chi connectivity index (χ4n) is 2.21. The second kappa shape index (κ2) is 8.51. The largest absolute Gasteiger partial charge is 0.370 e. The van der Waals surface area contributed by atoms with Crippen molar-refractivity contribution in [1.29, 1.82) is 0 Å². The van der Waals surface area contributed by atoms with Crippen molar-refractivity contribution in [2.45, 2.75) is 57.7 Å². The molecule has 1 rings (SSSR count). The molecule has 3 nitrogen and oxygen atoms in total. The van der Waals surface area contributed by atoms with Crippen LogP contribution < -0.4 is 11.1 Å². The topological polar surface area (TPSA) is 50.4 Å². The van der Waals surface area contributed by atoms with E-state index in [-0.39, 0.29) is 29.4 Å². The lowest BCUT2D eigenvalue weighted by atomic mass is 9.92. The van der Waals surface area contributed by atoms with Gasteiger partial charge in [-0.2, -0.15) is 11.8 Å². The zero-order chi connectivity index (χ0) is 12.9. The maximum Gasteiger partial charge on any atom is 0.188 e. The van der Waals surface area contributed by atoms with Gasteiger partial charge in [0.15, 0.2) is 5.96 Å². The van der Waals surface area contributed by atoms with Gasteiger partial charge in [0.2, 0.25) is 0 Å². The summed E-state index contributed by atoms with van der Waals surface area (Å²) in [6.45, 7) is 7.56. The van der Waals surface area contributed by atoms with Crippen LogP contribution in [0.5, 0.6) is 0 Å². The number of hydrogen-bond donors (Lipinski definition) is 2. The van der Waals surface area contributed by atoms with E-state index in [1.54, 1.807) is 0 Å². The van der Waals surface area contributed by atoms with Gasteiger partial charge in [-0.25, -0.2) is 0 Å². The lowest BCUT2D eigenvalue weighted by Gasteiger charge is -2.27. The first kappa shape index (κ1) is 18.4. The smallest absolute Gasteiger partial charge is 0.188 e. The molecule has 0 aromatic rings. The van der Waals surface area contributed by atoms with Crippen molar-refractivity contribution in [2.24, 2.45) is 16.1 Å². The average molecular weight is 385 g/mol. The molecule has 0 bridgehead atoms. The Morgan fingerprint density at radius 1 is 1.39 bits per heavy atom. The van der Waals surface area contributed by atoms with Crippen molar-refractivity contribution >= 4 is 41.7 Å². The highest BCUT2D eigenvalue weighted by molar-refractivity contribution is 14.0. The highest BCUT2D eigenvalue weighted by atomic mass is 127. The summed E-state index contributed by atoms with van der Waals surface area (Å²) in [5.41, 5.74) is 6.20. The van der Waals surface area contributed by atoms with Crippen molar-refractivity contribution in [3.8, 4) is 0 Å². The summed E-state index contributed by atoms with van der Waals surface area (Å²) in [7, 11) is 0. The van der Waals surface area contributed by atoms with Gasteiger partial charge in [-0.05, 0) is 24.5 Å². The van der Waals surface area contributed by atoms with Crippen LogP contribution in [0.15, 0.2) is 4.99 Å². The third-order valence-electron chi connectivity index (χ3n) is 3.39. The number of guanidine groups is 1. The van der Waals surface area contributed by atoms with E-state index >= 15 is 0 Å². The van der Waals surface area contributed by atoms with E-state index < -0.39 is 0 Å². The Hall–Kier alpha value is 0.350. The molecule has 0 spiro atoms. The van der Waals surface area contributed by atoms with Crippen LogP contribution in [-0.2, 0) is 0 Å².